The molecule has 0 spiro atoms. The average molecular weight is 552 g/mol. The minimum absolute atomic E-state index is 0.131. The maximum atomic E-state index is 12.6. The number of fused-ring (bicyclic) bond motifs is 1. The molecule has 0 unspecified atom stereocenters. The molecule has 3 aromatic heterocycles. The second kappa shape index (κ2) is 12.2. The van der Waals surface area contributed by atoms with Crippen LogP contribution in [0.2, 0.25) is 0 Å². The van der Waals surface area contributed by atoms with Crippen molar-refractivity contribution in [2.24, 2.45) is 0 Å². The van der Waals surface area contributed by atoms with Crippen LogP contribution >= 0.6 is 0 Å². The Morgan fingerprint density at radius 2 is 1.90 bits per heavy atom. The average Bonchev–Trinajstić information content (AvgIpc) is 3.35. The van der Waals surface area contributed by atoms with Gasteiger partial charge in [0.25, 0.3) is 0 Å². The second-order valence-corrected chi connectivity index (χ2v) is 11.6. The van der Waals surface area contributed by atoms with Crippen LogP contribution in [0.25, 0.3) is 22.3 Å². The molecule has 1 aliphatic rings. The third kappa shape index (κ3) is 6.59. The molecule has 0 amide bonds. The van der Waals surface area contributed by atoms with Gasteiger partial charge in [0.15, 0.2) is 5.75 Å². The molecule has 1 N–H and O–H groups in total. The summed E-state index contributed by atoms with van der Waals surface area (Å²) in [6.45, 7) is 3.62. The lowest BCUT2D eigenvalue weighted by molar-refractivity contribution is 0.179. The molecule has 1 saturated heterocycles. The maximum Gasteiger partial charge on any atom is 0.214 e. The Balaban J connectivity index is 1.21. The lowest BCUT2D eigenvalue weighted by atomic mass is 10.1. The highest BCUT2D eigenvalue weighted by Gasteiger charge is 2.26. The standard InChI is InChI=1S/C27H33N7O4S/c1-37-12-3-13-39(35,36)34-10-8-33(9-11-34)18-20-6-7-29-22(14-20)16-26-31-23-5-4-21(15-24(23)32-26)27-25(38-2)17-28-19-30-27/h4-7,14-15,17,19H,3,8-13,16,18H2,1-2H3,(H,31,32). The molecule has 11 nitrogen and oxygen atoms in total. The molecular formula is C27H33N7O4S. The van der Waals surface area contributed by atoms with Crippen molar-refractivity contribution in [1.82, 2.24) is 34.1 Å². The van der Waals surface area contributed by atoms with Gasteiger partial charge in [0, 0.05) is 70.3 Å². The van der Waals surface area contributed by atoms with Crippen LogP contribution in [0.5, 0.6) is 5.75 Å². The number of pyridine rings is 1. The van der Waals surface area contributed by atoms with E-state index in [0.29, 0.717) is 51.4 Å². The van der Waals surface area contributed by atoms with Crippen molar-refractivity contribution in [2.75, 3.05) is 52.8 Å². The summed E-state index contributed by atoms with van der Waals surface area (Å²) in [6, 6.07) is 10.1. The predicted octanol–water partition coefficient (Wildman–Crippen LogP) is 2.50. The highest BCUT2D eigenvalue weighted by Crippen LogP contribution is 2.28. The minimum atomic E-state index is -3.23. The zero-order valence-corrected chi connectivity index (χ0v) is 23.0. The third-order valence-corrected chi connectivity index (χ3v) is 8.77. The van der Waals surface area contributed by atoms with E-state index in [1.165, 1.54) is 6.33 Å². The second-order valence-electron chi connectivity index (χ2n) is 9.52. The van der Waals surface area contributed by atoms with E-state index in [2.05, 4.69) is 30.9 Å². The smallest absolute Gasteiger partial charge is 0.214 e. The Labute approximate surface area is 228 Å². The Bertz CT molecular complexity index is 1520. The van der Waals surface area contributed by atoms with Crippen LogP contribution in [0.15, 0.2) is 49.1 Å². The summed E-state index contributed by atoms with van der Waals surface area (Å²) >= 11 is 0. The van der Waals surface area contributed by atoms with Crippen molar-refractivity contribution in [2.45, 2.75) is 19.4 Å². The first-order valence-electron chi connectivity index (χ1n) is 12.9. The normalized spacial score (nSPS) is 15.1. The molecular weight excluding hydrogens is 518 g/mol. The number of rotatable bonds is 11. The molecule has 0 radical (unpaired) electrons. The van der Waals surface area contributed by atoms with Gasteiger partial charge in [0.05, 0.1) is 30.1 Å². The topological polar surface area (TPSA) is 126 Å². The van der Waals surface area contributed by atoms with Crippen molar-refractivity contribution < 1.29 is 17.9 Å². The highest BCUT2D eigenvalue weighted by atomic mass is 32.2. The molecule has 1 fully saturated rings. The number of nitrogens with zero attached hydrogens (tertiary/aromatic N) is 6. The zero-order chi connectivity index (χ0) is 27.2. The summed E-state index contributed by atoms with van der Waals surface area (Å²) in [4.78, 5) is 23.4. The van der Waals surface area contributed by atoms with Gasteiger partial charge in [0.2, 0.25) is 10.0 Å². The summed E-state index contributed by atoms with van der Waals surface area (Å²) < 4.78 is 37.1. The van der Waals surface area contributed by atoms with Gasteiger partial charge in [-0.25, -0.2) is 23.4 Å². The van der Waals surface area contributed by atoms with E-state index in [9.17, 15) is 8.42 Å². The number of aromatic amines is 1. The van der Waals surface area contributed by atoms with Crippen LogP contribution in [0.1, 0.15) is 23.5 Å². The highest BCUT2D eigenvalue weighted by molar-refractivity contribution is 7.89. The maximum absolute atomic E-state index is 12.6. The Morgan fingerprint density at radius 1 is 1.05 bits per heavy atom. The number of hydrogen-bond donors (Lipinski definition) is 1. The van der Waals surface area contributed by atoms with Gasteiger partial charge in [-0.05, 0) is 36.2 Å². The van der Waals surface area contributed by atoms with Gasteiger partial charge in [0.1, 0.15) is 17.8 Å². The van der Waals surface area contributed by atoms with Gasteiger partial charge in [-0.15, -0.1) is 0 Å². The first kappa shape index (κ1) is 27.1. The number of H-pyrrole nitrogens is 1. The number of methoxy groups -OCH3 is 2. The molecule has 12 heteroatoms. The largest absolute Gasteiger partial charge is 0.493 e. The minimum Gasteiger partial charge on any atom is -0.493 e. The molecule has 1 aromatic carbocycles. The molecule has 0 aliphatic carbocycles. The first-order chi connectivity index (χ1) is 18.9. The van der Waals surface area contributed by atoms with E-state index in [4.69, 9.17) is 14.5 Å². The number of hydrogen-bond acceptors (Lipinski definition) is 9. The number of aromatic nitrogens is 5. The van der Waals surface area contributed by atoms with Gasteiger partial charge in [-0.3, -0.25) is 9.88 Å². The SMILES string of the molecule is COCCCS(=O)(=O)N1CCN(Cc2ccnc(Cc3nc4ccc(-c5ncncc5OC)cc4[nH]3)c2)CC1. The monoisotopic (exact) mass is 551 g/mol. The molecule has 4 heterocycles. The van der Waals surface area contributed by atoms with Gasteiger partial charge in [-0.2, -0.15) is 4.31 Å². The Kier molecular flexibility index (Phi) is 8.46. The van der Waals surface area contributed by atoms with Crippen LogP contribution in [-0.4, -0.2) is 95.3 Å². The van der Waals surface area contributed by atoms with Gasteiger partial charge < -0.3 is 14.5 Å². The molecule has 206 valence electrons. The van der Waals surface area contributed by atoms with Crippen LogP contribution in [-0.2, 0) is 27.7 Å². The number of ether oxygens (including phenoxy) is 2. The lowest BCUT2D eigenvalue weighted by Crippen LogP contribution is -2.48. The Morgan fingerprint density at radius 3 is 2.69 bits per heavy atom. The lowest BCUT2D eigenvalue weighted by Gasteiger charge is -2.34. The number of nitrogens with one attached hydrogen (secondary N) is 1. The number of piperazine rings is 1. The van der Waals surface area contributed by atoms with Crippen LogP contribution in [0, 0.1) is 0 Å². The third-order valence-electron chi connectivity index (χ3n) is 6.81. The molecule has 0 bridgehead atoms. The van der Waals surface area contributed by atoms with Crippen LogP contribution in [0.3, 0.4) is 0 Å². The summed E-state index contributed by atoms with van der Waals surface area (Å²) in [5.74, 6) is 1.57. The van der Waals surface area contributed by atoms with E-state index in [0.717, 1.165) is 45.9 Å². The number of imidazole rings is 1. The van der Waals surface area contributed by atoms with Crippen LogP contribution < -0.4 is 4.74 Å². The van der Waals surface area contributed by atoms with E-state index < -0.39 is 10.0 Å². The Hall–Kier alpha value is -3.45. The fraction of sp³-hybridized carbons (Fsp3) is 0.407. The van der Waals surface area contributed by atoms with E-state index in [1.807, 2.05) is 30.5 Å². The van der Waals surface area contributed by atoms with Crippen molar-refractivity contribution in [3.8, 4) is 17.0 Å². The fourth-order valence-electron chi connectivity index (χ4n) is 4.81. The molecule has 0 atom stereocenters. The first-order valence-corrected chi connectivity index (χ1v) is 14.5. The fourth-order valence-corrected chi connectivity index (χ4v) is 6.27. The molecule has 0 saturated carbocycles. The molecule has 1 aliphatic heterocycles. The van der Waals surface area contributed by atoms with Gasteiger partial charge >= 0.3 is 0 Å². The van der Waals surface area contributed by atoms with E-state index in [1.54, 1.807) is 24.7 Å². The summed E-state index contributed by atoms with van der Waals surface area (Å²) in [5.41, 5.74) is 5.49. The van der Waals surface area contributed by atoms with E-state index in [-0.39, 0.29) is 5.75 Å². The summed E-state index contributed by atoms with van der Waals surface area (Å²) in [7, 11) is -0.0438. The van der Waals surface area contributed by atoms with Gasteiger partial charge in [-0.1, -0.05) is 6.07 Å². The summed E-state index contributed by atoms with van der Waals surface area (Å²) in [5, 5.41) is 0. The molecule has 4 aromatic rings. The summed E-state index contributed by atoms with van der Waals surface area (Å²) in [6.07, 6.45) is 6.06. The predicted molar refractivity (Wildman–Crippen MR) is 148 cm³/mol. The number of sulfonamides is 1. The van der Waals surface area contributed by atoms with E-state index >= 15 is 0 Å². The van der Waals surface area contributed by atoms with Crippen molar-refractivity contribution >= 4 is 21.1 Å². The molecule has 39 heavy (non-hydrogen) atoms. The zero-order valence-electron chi connectivity index (χ0n) is 22.2. The van der Waals surface area contributed by atoms with Crippen molar-refractivity contribution in [1.29, 1.82) is 0 Å². The van der Waals surface area contributed by atoms with Crippen molar-refractivity contribution in [3.63, 3.8) is 0 Å². The van der Waals surface area contributed by atoms with Crippen LogP contribution in [0.4, 0.5) is 0 Å². The molecule has 5 rings (SSSR count). The van der Waals surface area contributed by atoms with Crippen molar-refractivity contribution in [3.05, 3.63) is 66.1 Å². The quantitative estimate of drug-likeness (QED) is 0.280. The number of benzene rings is 1.